The second-order valence-corrected chi connectivity index (χ2v) is 6.94. The first-order valence-corrected chi connectivity index (χ1v) is 9.23. The second kappa shape index (κ2) is 9.18. The van der Waals surface area contributed by atoms with Crippen LogP contribution >= 0.6 is 12.4 Å². The van der Waals surface area contributed by atoms with Gasteiger partial charge in [-0.05, 0) is 0 Å². The molecule has 0 fully saturated rings. The van der Waals surface area contributed by atoms with Gasteiger partial charge in [-0.1, -0.05) is 0 Å². The first-order chi connectivity index (χ1) is 11.3. The molecule has 0 saturated carbocycles. The number of rotatable bonds is 5. The molecular formula is C18H16ClN3OSe. The Morgan fingerprint density at radius 3 is 2.58 bits per heavy atom. The number of hydrogen-bond donors (Lipinski definition) is 1. The summed E-state index contributed by atoms with van der Waals surface area (Å²) in [6, 6.07) is 17.3. The van der Waals surface area contributed by atoms with Crippen molar-refractivity contribution in [3.05, 3.63) is 84.4 Å². The van der Waals surface area contributed by atoms with Crippen molar-refractivity contribution in [2.75, 3.05) is 5.32 Å². The molecule has 0 aliphatic carbocycles. The summed E-state index contributed by atoms with van der Waals surface area (Å²) in [6.45, 7) is 0. The van der Waals surface area contributed by atoms with Gasteiger partial charge in [0.1, 0.15) is 0 Å². The summed E-state index contributed by atoms with van der Waals surface area (Å²) in [7, 11) is 0. The van der Waals surface area contributed by atoms with Gasteiger partial charge in [-0.2, -0.15) is 0 Å². The summed E-state index contributed by atoms with van der Waals surface area (Å²) in [4.78, 5) is 20.9. The van der Waals surface area contributed by atoms with Crippen molar-refractivity contribution in [1.29, 1.82) is 0 Å². The topological polar surface area (TPSA) is 54.9 Å². The van der Waals surface area contributed by atoms with E-state index in [-0.39, 0.29) is 33.3 Å². The van der Waals surface area contributed by atoms with Crippen molar-refractivity contribution in [2.45, 2.75) is 5.32 Å². The van der Waals surface area contributed by atoms with E-state index in [0.717, 1.165) is 15.5 Å². The van der Waals surface area contributed by atoms with Gasteiger partial charge in [-0.3, -0.25) is 0 Å². The Hall–Kier alpha value is -2.20. The zero-order valence-corrected chi connectivity index (χ0v) is 15.3. The molecule has 0 aliphatic heterocycles. The molecule has 0 bridgehead atoms. The van der Waals surface area contributed by atoms with Crippen LogP contribution in [0.25, 0.3) is 0 Å². The SMILES string of the molecule is Cl.O=C(Nc1cccnc1)c1ccccc1[Se]Cc1ccccn1. The van der Waals surface area contributed by atoms with Crippen LogP contribution in [-0.2, 0) is 5.32 Å². The van der Waals surface area contributed by atoms with Crippen LogP contribution in [0.1, 0.15) is 16.1 Å². The molecule has 0 spiro atoms. The van der Waals surface area contributed by atoms with Crippen molar-refractivity contribution in [3.8, 4) is 0 Å². The van der Waals surface area contributed by atoms with Gasteiger partial charge in [0.05, 0.1) is 0 Å². The molecule has 122 valence electrons. The fraction of sp³-hybridized carbons (Fsp3) is 0.0556. The second-order valence-electron chi connectivity index (χ2n) is 4.80. The monoisotopic (exact) mass is 405 g/mol. The zero-order chi connectivity index (χ0) is 15.9. The van der Waals surface area contributed by atoms with Crippen LogP contribution in [0.4, 0.5) is 5.69 Å². The molecule has 6 heteroatoms. The molecule has 0 radical (unpaired) electrons. The number of carbonyl (C=O) groups excluding carboxylic acids is 1. The van der Waals surface area contributed by atoms with E-state index in [2.05, 4.69) is 15.3 Å². The minimum atomic E-state index is -0.100. The number of halogens is 1. The number of aromatic nitrogens is 2. The van der Waals surface area contributed by atoms with Crippen LogP contribution in [0.5, 0.6) is 0 Å². The first kappa shape index (κ1) is 18.1. The Kier molecular flexibility index (Phi) is 6.94. The Morgan fingerprint density at radius 1 is 1.00 bits per heavy atom. The van der Waals surface area contributed by atoms with E-state index in [4.69, 9.17) is 0 Å². The summed E-state index contributed by atoms with van der Waals surface area (Å²) in [6.07, 6.45) is 5.12. The van der Waals surface area contributed by atoms with E-state index in [1.807, 2.05) is 48.5 Å². The molecule has 2 heterocycles. The van der Waals surface area contributed by atoms with Gasteiger partial charge in [0.2, 0.25) is 0 Å². The summed E-state index contributed by atoms with van der Waals surface area (Å²) >= 11 is 0.150. The molecule has 1 amide bonds. The van der Waals surface area contributed by atoms with Crippen LogP contribution < -0.4 is 9.78 Å². The molecule has 1 N–H and O–H groups in total. The van der Waals surface area contributed by atoms with E-state index in [9.17, 15) is 4.79 Å². The number of nitrogens with one attached hydrogen (secondary N) is 1. The molecular weight excluding hydrogens is 389 g/mol. The Morgan fingerprint density at radius 2 is 1.83 bits per heavy atom. The van der Waals surface area contributed by atoms with E-state index in [1.54, 1.807) is 24.7 Å². The number of anilines is 1. The molecule has 4 nitrogen and oxygen atoms in total. The van der Waals surface area contributed by atoms with Crippen LogP contribution in [0.15, 0.2) is 73.2 Å². The minimum absolute atomic E-state index is 0. The van der Waals surface area contributed by atoms with Crippen molar-refractivity contribution < 1.29 is 4.79 Å². The van der Waals surface area contributed by atoms with Crippen LogP contribution in [-0.4, -0.2) is 30.8 Å². The number of benzene rings is 1. The molecule has 24 heavy (non-hydrogen) atoms. The fourth-order valence-electron chi connectivity index (χ4n) is 2.05. The molecule has 0 aliphatic rings. The fourth-order valence-corrected chi connectivity index (χ4v) is 4.08. The maximum atomic E-state index is 12.5. The Bertz CT molecular complexity index is 785. The summed E-state index contributed by atoms with van der Waals surface area (Å²) in [5.74, 6) is -0.100. The predicted octanol–water partition coefficient (Wildman–Crippen LogP) is 2.68. The van der Waals surface area contributed by atoms with E-state index in [0.29, 0.717) is 11.3 Å². The Labute approximate surface area is 153 Å². The van der Waals surface area contributed by atoms with Gasteiger partial charge in [0.25, 0.3) is 0 Å². The van der Waals surface area contributed by atoms with Crippen molar-refractivity contribution in [3.63, 3.8) is 0 Å². The molecule has 0 atom stereocenters. The number of amides is 1. The average Bonchev–Trinajstić information content (AvgIpc) is 2.62. The number of carbonyl (C=O) groups is 1. The summed E-state index contributed by atoms with van der Waals surface area (Å²) in [5.41, 5.74) is 2.46. The average molecular weight is 405 g/mol. The number of pyridine rings is 2. The standard InChI is InChI=1S/C18H15N3OSe.ClH/c22-18(21-14-7-5-10-19-12-14)16-8-1-2-9-17(16)23-13-15-6-3-4-11-20-15;/h1-12H,13H2,(H,21,22);1H. The quantitative estimate of drug-likeness (QED) is 0.665. The van der Waals surface area contributed by atoms with E-state index in [1.165, 1.54) is 0 Å². The van der Waals surface area contributed by atoms with Gasteiger partial charge in [0, 0.05) is 0 Å². The third-order valence-corrected chi connectivity index (χ3v) is 5.48. The third kappa shape index (κ3) is 4.90. The van der Waals surface area contributed by atoms with Crippen molar-refractivity contribution in [2.24, 2.45) is 0 Å². The summed E-state index contributed by atoms with van der Waals surface area (Å²) < 4.78 is 1.08. The number of nitrogens with zero attached hydrogens (tertiary/aromatic N) is 2. The van der Waals surface area contributed by atoms with Gasteiger partial charge >= 0.3 is 141 Å². The molecule has 0 unspecified atom stereocenters. The van der Waals surface area contributed by atoms with Crippen LogP contribution in [0.2, 0.25) is 0 Å². The van der Waals surface area contributed by atoms with Gasteiger partial charge < -0.3 is 0 Å². The Balaban J connectivity index is 0.00000208. The number of hydrogen-bond acceptors (Lipinski definition) is 3. The molecule has 2 aromatic heterocycles. The van der Waals surface area contributed by atoms with Crippen LogP contribution in [0.3, 0.4) is 0 Å². The van der Waals surface area contributed by atoms with Crippen LogP contribution in [0, 0.1) is 0 Å². The first-order valence-electron chi connectivity index (χ1n) is 7.16. The van der Waals surface area contributed by atoms with E-state index >= 15 is 0 Å². The van der Waals surface area contributed by atoms with E-state index < -0.39 is 0 Å². The summed E-state index contributed by atoms with van der Waals surface area (Å²) in [5, 5.41) is 3.76. The van der Waals surface area contributed by atoms with Gasteiger partial charge in [0.15, 0.2) is 0 Å². The molecule has 1 aromatic carbocycles. The zero-order valence-electron chi connectivity index (χ0n) is 12.8. The third-order valence-electron chi connectivity index (χ3n) is 3.15. The maximum absolute atomic E-state index is 12.5. The van der Waals surface area contributed by atoms with Crippen molar-refractivity contribution >= 4 is 43.4 Å². The van der Waals surface area contributed by atoms with Gasteiger partial charge in [-0.15, -0.1) is 12.4 Å². The van der Waals surface area contributed by atoms with Crippen molar-refractivity contribution in [1.82, 2.24) is 9.97 Å². The molecule has 3 rings (SSSR count). The normalized spacial score (nSPS) is 9.83. The molecule has 3 aromatic rings. The molecule has 0 saturated heterocycles. The predicted molar refractivity (Wildman–Crippen MR) is 99.2 cm³/mol. The van der Waals surface area contributed by atoms with Gasteiger partial charge in [-0.25, -0.2) is 0 Å².